The third kappa shape index (κ3) is 5.99. The highest BCUT2D eigenvalue weighted by atomic mass is 28.3. The Balaban J connectivity index is 2.96. The number of aliphatic hydroxyl groups is 2. The van der Waals surface area contributed by atoms with Crippen molar-refractivity contribution in [3.8, 4) is 0 Å². The van der Waals surface area contributed by atoms with Gasteiger partial charge in [-0.25, -0.2) is 9.36 Å². The molecule has 0 amide bonds. The first-order valence-corrected chi connectivity index (χ1v) is 15.8. The van der Waals surface area contributed by atoms with Gasteiger partial charge in [0, 0.05) is 12.3 Å². The van der Waals surface area contributed by atoms with E-state index in [0.29, 0.717) is 25.7 Å². The average Bonchev–Trinajstić information content (AvgIpc) is 2.92. The number of unbranched alkanes of at least 4 members (excludes halogenated alkanes) is 4. The summed E-state index contributed by atoms with van der Waals surface area (Å²) in [5.74, 6) is -1.87. The van der Waals surface area contributed by atoms with Gasteiger partial charge < -0.3 is 24.1 Å². The summed E-state index contributed by atoms with van der Waals surface area (Å²) in [7, 11) is -1.96. The van der Waals surface area contributed by atoms with Gasteiger partial charge in [-0.05, 0) is 46.7 Å². The molecule has 0 aliphatic carbocycles. The molecule has 0 unspecified atom stereocenters. The third-order valence-corrected chi connectivity index (χ3v) is 7.31. The zero-order valence-electron chi connectivity index (χ0n) is 22.6. The predicted octanol–water partition coefficient (Wildman–Crippen LogP) is 2.98. The van der Waals surface area contributed by atoms with Crippen LogP contribution >= 0.6 is 0 Å². The second-order valence-electron chi connectivity index (χ2n) is 10.9. The zero-order chi connectivity index (χ0) is 26.5. The largest absolute Gasteiger partial charge is 0.394 e. The van der Waals surface area contributed by atoms with Crippen LogP contribution in [-0.2, 0) is 19.8 Å². The van der Waals surface area contributed by atoms with Crippen molar-refractivity contribution in [1.29, 1.82) is 0 Å². The van der Waals surface area contributed by atoms with Crippen molar-refractivity contribution in [3.63, 3.8) is 0 Å². The Labute approximate surface area is 210 Å². The van der Waals surface area contributed by atoms with E-state index in [0.717, 1.165) is 25.7 Å². The van der Waals surface area contributed by atoms with Gasteiger partial charge in [0.2, 0.25) is 0 Å². The van der Waals surface area contributed by atoms with Crippen LogP contribution in [0, 0.1) is 0 Å². The number of H-pyrrole nitrogens is 1. The number of nitrogens with zero attached hydrogens (tertiary/aromatic N) is 1. The lowest BCUT2D eigenvalue weighted by atomic mass is 9.71. The molecule has 0 radical (unpaired) electrons. The summed E-state index contributed by atoms with van der Waals surface area (Å²) in [5.41, 5.74) is -5.21. The van der Waals surface area contributed by atoms with E-state index in [2.05, 4.69) is 18.8 Å². The van der Waals surface area contributed by atoms with Crippen molar-refractivity contribution in [1.82, 2.24) is 9.55 Å². The molecular weight excluding hydrogens is 468 g/mol. The minimum atomic E-state index is -1.96. The molecule has 4 atom stereocenters. The lowest BCUT2D eigenvalue weighted by Crippen LogP contribution is -2.70. The molecule has 2 heterocycles. The van der Waals surface area contributed by atoms with Gasteiger partial charge in [-0.15, -0.1) is 0 Å². The normalized spacial score (nSPS) is 29.3. The number of ether oxygens (including phenoxy) is 2. The van der Waals surface area contributed by atoms with Crippen molar-refractivity contribution in [2.24, 2.45) is 0 Å². The van der Waals surface area contributed by atoms with Crippen LogP contribution < -0.4 is 11.2 Å². The molecule has 1 saturated heterocycles. The summed E-state index contributed by atoms with van der Waals surface area (Å²) in [6, 6.07) is 1.23. The first kappa shape index (κ1) is 29.9. The highest BCUT2D eigenvalue weighted by Gasteiger charge is 2.76. The van der Waals surface area contributed by atoms with Crippen LogP contribution in [0.3, 0.4) is 0 Å². The SMILES string of the molecule is CCCCC[C@]1(OC(C)(C)C)[C@](O[SiH](C)C)(n2ccc(=O)[nH]c2=O)O[C@H](CO)[C@]1(O)CCCCC. The zero-order valence-corrected chi connectivity index (χ0v) is 23.7. The maximum absolute atomic E-state index is 13.2. The van der Waals surface area contributed by atoms with Gasteiger partial charge in [0.25, 0.3) is 11.5 Å². The molecule has 2 rings (SSSR count). The Morgan fingerprint density at radius 2 is 1.71 bits per heavy atom. The molecule has 1 aromatic rings. The van der Waals surface area contributed by atoms with Gasteiger partial charge in [-0.2, -0.15) is 0 Å². The fourth-order valence-electron chi connectivity index (χ4n) is 5.24. The summed E-state index contributed by atoms with van der Waals surface area (Å²) in [6.07, 6.45) is 5.94. The smallest absolute Gasteiger partial charge is 0.332 e. The number of aliphatic hydroxyl groups excluding tert-OH is 1. The van der Waals surface area contributed by atoms with Crippen LogP contribution in [0.5, 0.6) is 0 Å². The van der Waals surface area contributed by atoms with E-state index in [1.807, 2.05) is 33.9 Å². The van der Waals surface area contributed by atoms with Gasteiger partial charge in [0.15, 0.2) is 14.6 Å². The number of hydrogen-bond donors (Lipinski definition) is 3. The monoisotopic (exact) mass is 514 g/mol. The lowest BCUT2D eigenvalue weighted by Gasteiger charge is -2.52. The van der Waals surface area contributed by atoms with E-state index in [1.165, 1.54) is 16.8 Å². The molecule has 1 fully saturated rings. The Morgan fingerprint density at radius 3 is 2.20 bits per heavy atom. The Hall–Kier alpha value is -1.30. The van der Waals surface area contributed by atoms with Crippen molar-refractivity contribution >= 4 is 9.04 Å². The van der Waals surface area contributed by atoms with Gasteiger partial charge in [-0.3, -0.25) is 9.78 Å². The van der Waals surface area contributed by atoms with Gasteiger partial charge in [0.05, 0.1) is 12.2 Å². The quantitative estimate of drug-likeness (QED) is 0.273. The maximum Gasteiger partial charge on any atom is 0.332 e. The number of aromatic amines is 1. The molecule has 3 N–H and O–H groups in total. The number of aromatic nitrogens is 2. The molecule has 0 aromatic carbocycles. The lowest BCUT2D eigenvalue weighted by molar-refractivity contribution is -0.350. The van der Waals surface area contributed by atoms with Crippen LogP contribution in [0.4, 0.5) is 0 Å². The molecule has 202 valence electrons. The maximum atomic E-state index is 13.2. The number of nitrogens with one attached hydrogen (secondary N) is 1. The molecule has 35 heavy (non-hydrogen) atoms. The van der Waals surface area contributed by atoms with Gasteiger partial charge in [0.1, 0.15) is 11.7 Å². The summed E-state index contributed by atoms with van der Waals surface area (Å²) < 4.78 is 21.1. The molecule has 0 spiro atoms. The molecule has 0 saturated carbocycles. The van der Waals surface area contributed by atoms with Crippen molar-refractivity contribution < 1.29 is 24.1 Å². The third-order valence-electron chi connectivity index (χ3n) is 6.52. The Bertz CT molecular complexity index is 927. The minimum Gasteiger partial charge on any atom is -0.394 e. The van der Waals surface area contributed by atoms with Gasteiger partial charge >= 0.3 is 5.69 Å². The molecule has 1 aliphatic rings. The van der Waals surface area contributed by atoms with Crippen LogP contribution in [0.1, 0.15) is 86.0 Å². The molecule has 10 heteroatoms. The van der Waals surface area contributed by atoms with Crippen molar-refractivity contribution in [3.05, 3.63) is 33.1 Å². The van der Waals surface area contributed by atoms with Crippen molar-refractivity contribution in [2.75, 3.05) is 6.61 Å². The van der Waals surface area contributed by atoms with Crippen LogP contribution in [0.15, 0.2) is 21.9 Å². The molecule has 9 nitrogen and oxygen atoms in total. The second kappa shape index (κ2) is 11.8. The molecule has 1 aromatic heterocycles. The first-order chi connectivity index (χ1) is 16.3. The number of rotatable bonds is 13. The summed E-state index contributed by atoms with van der Waals surface area (Å²) >= 11 is 0. The van der Waals surface area contributed by atoms with Crippen LogP contribution in [0.25, 0.3) is 0 Å². The van der Waals surface area contributed by atoms with Crippen LogP contribution in [-0.4, -0.2) is 58.3 Å². The van der Waals surface area contributed by atoms with E-state index in [-0.39, 0.29) is 0 Å². The molecule has 1 aliphatic heterocycles. The van der Waals surface area contributed by atoms with Gasteiger partial charge in [-0.1, -0.05) is 52.4 Å². The van der Waals surface area contributed by atoms with E-state index in [9.17, 15) is 19.8 Å². The van der Waals surface area contributed by atoms with E-state index < -0.39 is 55.7 Å². The summed E-state index contributed by atoms with van der Waals surface area (Å²) in [6.45, 7) is 13.2. The van der Waals surface area contributed by atoms with E-state index in [1.54, 1.807) is 0 Å². The number of hydrogen-bond acceptors (Lipinski definition) is 7. The fourth-order valence-corrected chi connectivity index (χ4v) is 6.24. The summed E-state index contributed by atoms with van der Waals surface area (Å²) in [4.78, 5) is 27.5. The molecular formula is C25H46N2O7Si. The fraction of sp³-hybridized carbons (Fsp3) is 0.840. The van der Waals surface area contributed by atoms with E-state index >= 15 is 0 Å². The molecule has 0 bridgehead atoms. The van der Waals surface area contributed by atoms with Crippen molar-refractivity contribution in [2.45, 2.75) is 128 Å². The highest BCUT2D eigenvalue weighted by molar-refractivity contribution is 6.48. The van der Waals surface area contributed by atoms with Crippen LogP contribution in [0.2, 0.25) is 13.1 Å². The minimum absolute atomic E-state index is 0.303. The highest BCUT2D eigenvalue weighted by Crippen LogP contribution is 2.58. The van der Waals surface area contributed by atoms with E-state index in [4.69, 9.17) is 13.9 Å². The Morgan fingerprint density at radius 1 is 1.11 bits per heavy atom. The standard InChI is InChI=1S/C25H46N2O7Si/c1-8-10-12-15-23(31)19(18-28)32-25(34-35(6)7,27-17-14-20(29)26-21(27)30)24(23,16-13-11-9-2)33-22(3,4)5/h14,17,19,28,31,35H,8-13,15-16,18H2,1-7H3,(H,26,29,30)/t19-,23-,24-,25+/m1/s1. The second-order valence-corrected chi connectivity index (χ2v) is 13.2. The summed E-state index contributed by atoms with van der Waals surface area (Å²) in [5, 5.41) is 23.0. The topological polar surface area (TPSA) is 123 Å². The predicted molar refractivity (Wildman–Crippen MR) is 138 cm³/mol. The Kier molecular flexibility index (Phi) is 10.1. The average molecular weight is 515 g/mol. The first-order valence-electron chi connectivity index (χ1n) is 13.0.